The van der Waals surface area contributed by atoms with Crippen molar-refractivity contribution in [3.05, 3.63) is 28.8 Å². The van der Waals surface area contributed by atoms with E-state index in [4.69, 9.17) is 12.6 Å². The molecule has 0 saturated heterocycles. The smallest absolute Gasteiger partial charge is 0.0107 e. The lowest BCUT2D eigenvalue weighted by Gasteiger charge is -2.31. The van der Waals surface area contributed by atoms with Crippen LogP contribution in [-0.4, -0.2) is 0 Å². The van der Waals surface area contributed by atoms with Gasteiger partial charge in [0.1, 0.15) is 0 Å². The zero-order chi connectivity index (χ0) is 11.7. The van der Waals surface area contributed by atoms with E-state index in [1.807, 2.05) is 0 Å². The van der Waals surface area contributed by atoms with Crippen molar-refractivity contribution in [2.45, 2.75) is 57.3 Å². The maximum absolute atomic E-state index is 4.73. The predicted molar refractivity (Wildman–Crippen MR) is 73.5 cm³/mol. The number of benzene rings is 1. The molecule has 1 aromatic rings. The van der Waals surface area contributed by atoms with E-state index in [2.05, 4.69) is 32.9 Å². The number of hydrogen-bond acceptors (Lipinski definition) is 1. The molecule has 1 aliphatic carbocycles. The van der Waals surface area contributed by atoms with Crippen molar-refractivity contribution in [3.8, 4) is 0 Å². The highest BCUT2D eigenvalue weighted by atomic mass is 32.1. The number of rotatable bonds is 1. The zero-order valence-corrected chi connectivity index (χ0v) is 11.5. The lowest BCUT2D eigenvalue weighted by Crippen LogP contribution is -2.16. The fourth-order valence-corrected chi connectivity index (χ4v) is 3.45. The summed E-state index contributed by atoms with van der Waals surface area (Å²) in [5.41, 5.74) is 4.27. The van der Waals surface area contributed by atoms with Crippen LogP contribution in [0.25, 0.3) is 0 Å². The van der Waals surface area contributed by atoms with Gasteiger partial charge in [-0.3, -0.25) is 0 Å². The molecule has 0 N–H and O–H groups in total. The van der Waals surface area contributed by atoms with Crippen molar-refractivity contribution in [1.82, 2.24) is 0 Å². The molecule has 2 unspecified atom stereocenters. The summed E-state index contributed by atoms with van der Waals surface area (Å²) in [6, 6.07) is 4.44. The van der Waals surface area contributed by atoms with Gasteiger partial charge in [0.25, 0.3) is 0 Å². The van der Waals surface area contributed by atoms with Gasteiger partial charge in [0.2, 0.25) is 0 Å². The molecule has 2 atom stereocenters. The first-order valence-electron chi connectivity index (χ1n) is 6.40. The summed E-state index contributed by atoms with van der Waals surface area (Å²) in [5.74, 6) is 1.56. The molecule has 2 rings (SSSR count). The molecule has 0 nitrogen and oxygen atoms in total. The average Bonchev–Trinajstić information content (AvgIpc) is 2.27. The van der Waals surface area contributed by atoms with Gasteiger partial charge in [-0.25, -0.2) is 0 Å². The van der Waals surface area contributed by atoms with Crippen LogP contribution in [0, 0.1) is 19.8 Å². The second-order valence-electron chi connectivity index (χ2n) is 5.33. The van der Waals surface area contributed by atoms with Gasteiger partial charge in [-0.2, -0.15) is 0 Å². The van der Waals surface area contributed by atoms with E-state index in [9.17, 15) is 0 Å². The van der Waals surface area contributed by atoms with Crippen LogP contribution in [0.2, 0.25) is 0 Å². The lowest BCUT2D eigenvalue weighted by molar-refractivity contribution is 0.326. The highest BCUT2D eigenvalue weighted by Gasteiger charge is 2.25. The van der Waals surface area contributed by atoms with E-state index >= 15 is 0 Å². The van der Waals surface area contributed by atoms with Crippen LogP contribution in [0.15, 0.2) is 17.0 Å². The molecule has 1 fully saturated rings. The van der Waals surface area contributed by atoms with Gasteiger partial charge < -0.3 is 0 Å². The summed E-state index contributed by atoms with van der Waals surface area (Å²) in [6.45, 7) is 6.80. The van der Waals surface area contributed by atoms with E-state index in [0.29, 0.717) is 0 Å². The third-order valence-electron chi connectivity index (χ3n) is 4.12. The maximum atomic E-state index is 4.73. The molecule has 0 bridgehead atoms. The largest absolute Gasteiger partial charge is 0.143 e. The Balaban J connectivity index is 2.42. The molecule has 16 heavy (non-hydrogen) atoms. The quantitative estimate of drug-likeness (QED) is 0.657. The Hall–Kier alpha value is -0.430. The third kappa shape index (κ3) is 2.15. The van der Waals surface area contributed by atoms with Crippen molar-refractivity contribution >= 4 is 12.6 Å². The molecule has 0 spiro atoms. The van der Waals surface area contributed by atoms with Gasteiger partial charge in [0.15, 0.2) is 0 Å². The van der Waals surface area contributed by atoms with E-state index in [-0.39, 0.29) is 0 Å². The maximum Gasteiger partial charge on any atom is 0.0107 e. The normalized spacial score (nSPS) is 25.8. The third-order valence-corrected chi connectivity index (χ3v) is 4.71. The number of hydrogen-bond donors (Lipinski definition) is 1. The first-order chi connectivity index (χ1) is 7.61. The minimum atomic E-state index is 0.737. The standard InChI is InChI=1S/C15H22S/c1-10-6-4-5-7-13(10)14-11(2)8-9-12(3)15(14)16/h8-10,13,16H,4-7H2,1-3H3. The molecule has 0 radical (unpaired) electrons. The molecule has 88 valence electrons. The second kappa shape index (κ2) is 4.83. The average molecular weight is 234 g/mol. The molecular weight excluding hydrogens is 212 g/mol. The highest BCUT2D eigenvalue weighted by molar-refractivity contribution is 7.80. The topological polar surface area (TPSA) is 0 Å². The Morgan fingerprint density at radius 2 is 1.69 bits per heavy atom. The Morgan fingerprint density at radius 3 is 2.38 bits per heavy atom. The Bertz CT molecular complexity index is 381. The van der Waals surface area contributed by atoms with E-state index < -0.39 is 0 Å². The van der Waals surface area contributed by atoms with Gasteiger partial charge in [-0.15, -0.1) is 12.6 Å². The number of aryl methyl sites for hydroxylation is 2. The van der Waals surface area contributed by atoms with Crippen LogP contribution < -0.4 is 0 Å². The summed E-state index contributed by atoms with van der Waals surface area (Å²) in [4.78, 5) is 1.23. The summed E-state index contributed by atoms with van der Waals surface area (Å²) >= 11 is 4.73. The molecule has 1 heteroatoms. The van der Waals surface area contributed by atoms with Crippen molar-refractivity contribution < 1.29 is 0 Å². The number of thiol groups is 1. The first-order valence-corrected chi connectivity index (χ1v) is 6.85. The Kier molecular flexibility index (Phi) is 3.63. The lowest BCUT2D eigenvalue weighted by atomic mass is 9.75. The van der Waals surface area contributed by atoms with Crippen molar-refractivity contribution in [3.63, 3.8) is 0 Å². The van der Waals surface area contributed by atoms with Crippen LogP contribution in [-0.2, 0) is 0 Å². The molecule has 1 aliphatic rings. The van der Waals surface area contributed by atoms with Crippen LogP contribution >= 0.6 is 12.6 Å². The van der Waals surface area contributed by atoms with Gasteiger partial charge in [-0.1, -0.05) is 38.3 Å². The minimum Gasteiger partial charge on any atom is -0.143 e. The van der Waals surface area contributed by atoms with E-state index in [1.165, 1.54) is 47.3 Å². The van der Waals surface area contributed by atoms with Gasteiger partial charge in [0.05, 0.1) is 0 Å². The minimum absolute atomic E-state index is 0.737. The van der Waals surface area contributed by atoms with Crippen LogP contribution in [0.5, 0.6) is 0 Å². The molecule has 1 saturated carbocycles. The van der Waals surface area contributed by atoms with Crippen LogP contribution in [0.1, 0.15) is 55.2 Å². The Labute approximate surface area is 105 Å². The zero-order valence-electron chi connectivity index (χ0n) is 10.6. The fraction of sp³-hybridized carbons (Fsp3) is 0.600. The van der Waals surface area contributed by atoms with Gasteiger partial charge in [-0.05, 0) is 48.8 Å². The van der Waals surface area contributed by atoms with Crippen molar-refractivity contribution in [2.75, 3.05) is 0 Å². The van der Waals surface area contributed by atoms with Crippen LogP contribution in [0.4, 0.5) is 0 Å². The first kappa shape index (κ1) is 12.0. The van der Waals surface area contributed by atoms with Crippen LogP contribution in [0.3, 0.4) is 0 Å². The summed E-state index contributed by atoms with van der Waals surface area (Å²) in [5, 5.41) is 0. The van der Waals surface area contributed by atoms with E-state index in [0.717, 1.165) is 11.8 Å². The molecular formula is C15H22S. The molecule has 0 heterocycles. The Morgan fingerprint density at radius 1 is 1.06 bits per heavy atom. The fourth-order valence-electron chi connectivity index (χ4n) is 3.03. The molecule has 0 aliphatic heterocycles. The SMILES string of the molecule is Cc1ccc(C)c(C2CCCCC2C)c1S. The summed E-state index contributed by atoms with van der Waals surface area (Å²) in [7, 11) is 0. The van der Waals surface area contributed by atoms with E-state index in [1.54, 1.807) is 0 Å². The van der Waals surface area contributed by atoms with Gasteiger partial charge in [0, 0.05) is 4.90 Å². The van der Waals surface area contributed by atoms with Gasteiger partial charge >= 0.3 is 0 Å². The van der Waals surface area contributed by atoms with Crippen molar-refractivity contribution in [2.24, 2.45) is 5.92 Å². The monoisotopic (exact) mass is 234 g/mol. The molecule has 1 aromatic carbocycles. The van der Waals surface area contributed by atoms with Crippen molar-refractivity contribution in [1.29, 1.82) is 0 Å². The molecule has 0 amide bonds. The highest BCUT2D eigenvalue weighted by Crippen LogP contribution is 2.41. The predicted octanol–water partition coefficient (Wildman–Crippen LogP) is 4.89. The second-order valence-corrected chi connectivity index (χ2v) is 5.78. The molecule has 0 aromatic heterocycles. The summed E-state index contributed by atoms with van der Waals surface area (Å²) < 4.78 is 0. The summed E-state index contributed by atoms with van der Waals surface area (Å²) in [6.07, 6.45) is 5.52.